The largest absolute Gasteiger partial charge is 1.00 e. The second-order valence-corrected chi connectivity index (χ2v) is 7.41. The average Bonchev–Trinajstić information content (AvgIpc) is 3.26. The van der Waals surface area contributed by atoms with Gasteiger partial charge in [-0.1, -0.05) is 18.2 Å². The van der Waals surface area contributed by atoms with Crippen LogP contribution in [0, 0.1) is 0 Å². The van der Waals surface area contributed by atoms with E-state index in [9.17, 15) is 4.79 Å². The van der Waals surface area contributed by atoms with Crippen LogP contribution in [0.25, 0.3) is 16.7 Å². The molecule has 1 aliphatic heterocycles. The van der Waals surface area contributed by atoms with Crippen LogP contribution in [0.1, 0.15) is 0 Å². The summed E-state index contributed by atoms with van der Waals surface area (Å²) in [7, 11) is 0. The number of anilines is 1. The second kappa shape index (κ2) is 8.77. The number of ether oxygens (including phenoxy) is 1. The van der Waals surface area contributed by atoms with Crippen molar-refractivity contribution in [3.05, 3.63) is 71.1 Å². The van der Waals surface area contributed by atoms with Gasteiger partial charge in [-0.2, -0.15) is 4.98 Å². The maximum atomic E-state index is 12.1. The van der Waals surface area contributed by atoms with Crippen LogP contribution in [0.3, 0.4) is 0 Å². The third kappa shape index (κ3) is 3.99. The molecule has 0 bridgehead atoms. The first-order valence-corrected chi connectivity index (χ1v) is 10.0. The molecular weight excluding hydrogens is 402 g/mol. The first-order valence-electron chi connectivity index (χ1n) is 10.0. The zero-order valence-electron chi connectivity index (χ0n) is 16.6. The molecule has 30 heavy (non-hydrogen) atoms. The summed E-state index contributed by atoms with van der Waals surface area (Å²) >= 11 is 0. The summed E-state index contributed by atoms with van der Waals surface area (Å²) in [6.45, 7) is 5.91. The van der Waals surface area contributed by atoms with Gasteiger partial charge in [0.1, 0.15) is 18.7 Å². The number of halogens is 1. The summed E-state index contributed by atoms with van der Waals surface area (Å²) in [5.74, 6) is 0.585. The molecule has 0 radical (unpaired) electrons. The highest BCUT2D eigenvalue weighted by Crippen LogP contribution is 2.15. The minimum atomic E-state index is -0.115. The van der Waals surface area contributed by atoms with Crippen LogP contribution < -0.4 is 32.5 Å². The van der Waals surface area contributed by atoms with Crippen molar-refractivity contribution in [3.63, 3.8) is 0 Å². The Morgan fingerprint density at radius 1 is 1.03 bits per heavy atom. The van der Waals surface area contributed by atoms with Gasteiger partial charge in [0.05, 0.1) is 31.7 Å². The molecule has 5 rings (SSSR count). The molecule has 3 aromatic heterocycles. The minimum Gasteiger partial charge on any atom is -1.00 e. The molecule has 156 valence electrons. The first kappa shape index (κ1) is 20.3. The molecule has 8 heteroatoms. The molecule has 2 N–H and O–H groups in total. The van der Waals surface area contributed by atoms with Gasteiger partial charge >= 0.3 is 0 Å². The summed E-state index contributed by atoms with van der Waals surface area (Å²) in [5.41, 5.74) is 3.18. The Balaban J connectivity index is 0.00000218. The van der Waals surface area contributed by atoms with Gasteiger partial charge in [-0.25, -0.2) is 0 Å². The number of rotatable bonds is 5. The zero-order valence-corrected chi connectivity index (χ0v) is 17.3. The highest BCUT2D eigenvalue weighted by Gasteiger charge is 2.20. The van der Waals surface area contributed by atoms with Crippen molar-refractivity contribution in [2.75, 3.05) is 44.2 Å². The van der Waals surface area contributed by atoms with Gasteiger partial charge in [0.15, 0.2) is 5.65 Å². The SMILES string of the molecule is O=c1[nH]c2ccc(OCC[NH+]3CCN(c4ccccc4)CC3)nc2n2cccc12.[Cl-]. The maximum Gasteiger partial charge on any atom is 0.272 e. The van der Waals surface area contributed by atoms with Crippen molar-refractivity contribution in [1.29, 1.82) is 0 Å². The Morgan fingerprint density at radius 3 is 2.63 bits per heavy atom. The number of pyridine rings is 1. The zero-order chi connectivity index (χ0) is 19.6. The van der Waals surface area contributed by atoms with Crippen molar-refractivity contribution < 1.29 is 22.0 Å². The molecule has 1 aromatic carbocycles. The molecular formula is C22H24ClN5O2. The van der Waals surface area contributed by atoms with Gasteiger partial charge in [0.25, 0.3) is 5.56 Å². The first-order chi connectivity index (χ1) is 14.3. The number of aromatic amines is 1. The average molecular weight is 426 g/mol. The topological polar surface area (TPSA) is 67.1 Å². The molecule has 0 aliphatic carbocycles. The van der Waals surface area contributed by atoms with Crippen molar-refractivity contribution in [3.8, 4) is 5.88 Å². The van der Waals surface area contributed by atoms with Crippen LogP contribution in [-0.4, -0.2) is 53.7 Å². The smallest absolute Gasteiger partial charge is 0.272 e. The summed E-state index contributed by atoms with van der Waals surface area (Å²) in [5, 5.41) is 0. The van der Waals surface area contributed by atoms with E-state index >= 15 is 0 Å². The second-order valence-electron chi connectivity index (χ2n) is 7.41. The van der Waals surface area contributed by atoms with Crippen molar-refractivity contribution >= 4 is 22.4 Å². The summed E-state index contributed by atoms with van der Waals surface area (Å²) in [4.78, 5) is 23.5. The summed E-state index contributed by atoms with van der Waals surface area (Å²) in [6.07, 6.45) is 1.85. The third-order valence-electron chi connectivity index (χ3n) is 5.60. The van der Waals surface area contributed by atoms with E-state index in [1.54, 1.807) is 15.4 Å². The predicted octanol–water partition coefficient (Wildman–Crippen LogP) is -2.04. The van der Waals surface area contributed by atoms with E-state index < -0.39 is 0 Å². The van der Waals surface area contributed by atoms with Crippen LogP contribution in [0.4, 0.5) is 5.69 Å². The van der Waals surface area contributed by atoms with Gasteiger partial charge in [0, 0.05) is 18.0 Å². The molecule has 1 saturated heterocycles. The van der Waals surface area contributed by atoms with E-state index in [2.05, 4.69) is 45.2 Å². The van der Waals surface area contributed by atoms with Gasteiger partial charge in [0.2, 0.25) is 5.88 Å². The molecule has 4 heterocycles. The van der Waals surface area contributed by atoms with E-state index in [1.807, 2.05) is 24.4 Å². The summed E-state index contributed by atoms with van der Waals surface area (Å²) < 4.78 is 7.73. The maximum absolute atomic E-state index is 12.1. The standard InChI is InChI=1S/C22H23N5O2.ClH/c28-22-19-7-4-10-27(19)21-18(23-22)8-9-20(24-21)29-16-15-25-11-13-26(14-12-25)17-5-2-1-3-6-17;/h1-10H,11-16H2,(H,23,28);1H. The van der Waals surface area contributed by atoms with E-state index in [1.165, 1.54) is 5.69 Å². The Bertz CT molecular complexity index is 1180. The Labute approximate surface area is 180 Å². The number of nitrogens with one attached hydrogen (secondary N) is 2. The molecule has 0 spiro atoms. The highest BCUT2D eigenvalue weighted by atomic mass is 35.5. The van der Waals surface area contributed by atoms with Gasteiger partial charge in [-0.05, 0) is 30.3 Å². The Kier molecular flexibility index (Phi) is 5.92. The van der Waals surface area contributed by atoms with E-state index in [4.69, 9.17) is 4.74 Å². The lowest BCUT2D eigenvalue weighted by molar-refractivity contribution is -0.900. The van der Waals surface area contributed by atoms with Crippen LogP contribution in [0.15, 0.2) is 65.6 Å². The van der Waals surface area contributed by atoms with Crippen LogP contribution >= 0.6 is 0 Å². The molecule has 7 nitrogen and oxygen atoms in total. The number of hydrogen-bond donors (Lipinski definition) is 2. The molecule has 0 amide bonds. The number of aromatic nitrogens is 3. The number of piperazine rings is 1. The summed E-state index contributed by atoms with van der Waals surface area (Å²) in [6, 6.07) is 17.9. The number of fused-ring (bicyclic) bond motifs is 3. The number of quaternary nitrogens is 1. The monoisotopic (exact) mass is 425 g/mol. The molecule has 4 aromatic rings. The van der Waals surface area contributed by atoms with Crippen LogP contribution in [-0.2, 0) is 0 Å². The van der Waals surface area contributed by atoms with E-state index in [0.717, 1.165) is 32.7 Å². The minimum absolute atomic E-state index is 0. The van der Waals surface area contributed by atoms with Gasteiger partial charge in [-0.3, -0.25) is 9.20 Å². The number of benzene rings is 1. The fraction of sp³-hybridized carbons (Fsp3) is 0.273. The van der Waals surface area contributed by atoms with Crippen LogP contribution in [0.2, 0.25) is 0 Å². The number of H-pyrrole nitrogens is 1. The van der Waals surface area contributed by atoms with E-state index in [-0.39, 0.29) is 18.0 Å². The lowest BCUT2D eigenvalue weighted by Gasteiger charge is -2.33. The fourth-order valence-corrected chi connectivity index (χ4v) is 4.00. The van der Waals surface area contributed by atoms with Gasteiger partial charge in [-0.15, -0.1) is 0 Å². The third-order valence-corrected chi connectivity index (χ3v) is 5.60. The molecule has 1 aliphatic rings. The highest BCUT2D eigenvalue weighted by molar-refractivity contribution is 5.74. The molecule has 0 saturated carbocycles. The Morgan fingerprint density at radius 2 is 1.83 bits per heavy atom. The van der Waals surface area contributed by atoms with Gasteiger partial charge < -0.3 is 31.9 Å². The quantitative estimate of drug-likeness (QED) is 0.387. The predicted molar refractivity (Wildman–Crippen MR) is 113 cm³/mol. The van der Waals surface area contributed by atoms with Crippen molar-refractivity contribution in [1.82, 2.24) is 14.4 Å². The molecule has 0 unspecified atom stereocenters. The fourth-order valence-electron chi connectivity index (χ4n) is 4.00. The van der Waals surface area contributed by atoms with Crippen molar-refractivity contribution in [2.24, 2.45) is 0 Å². The lowest BCUT2D eigenvalue weighted by Crippen LogP contribution is -3.15. The lowest BCUT2D eigenvalue weighted by atomic mass is 10.2. The number of nitrogens with zero attached hydrogens (tertiary/aromatic N) is 3. The van der Waals surface area contributed by atoms with E-state index in [0.29, 0.717) is 29.2 Å². The number of hydrogen-bond acceptors (Lipinski definition) is 4. The molecule has 0 atom stereocenters. The normalized spacial score (nSPS) is 14.7. The Hall–Kier alpha value is -3.03. The number of para-hydroxylation sites is 1. The molecule has 1 fully saturated rings. The van der Waals surface area contributed by atoms with Crippen LogP contribution in [0.5, 0.6) is 5.88 Å². The van der Waals surface area contributed by atoms with Crippen molar-refractivity contribution in [2.45, 2.75) is 0 Å².